The number of rotatable bonds is 13. The van der Waals surface area contributed by atoms with E-state index in [4.69, 9.17) is 37.1 Å². The van der Waals surface area contributed by atoms with Crippen LogP contribution in [0.15, 0.2) is 11.8 Å². The molecule has 2 heterocycles. The summed E-state index contributed by atoms with van der Waals surface area (Å²) in [6, 6.07) is -2.78. The van der Waals surface area contributed by atoms with Crippen molar-refractivity contribution in [3.63, 3.8) is 0 Å². The first-order chi connectivity index (χ1) is 19.4. The van der Waals surface area contributed by atoms with E-state index in [1.165, 1.54) is 6.92 Å². The summed E-state index contributed by atoms with van der Waals surface area (Å²) in [7, 11) is 1.59. The number of likely N-dealkylation sites (N-methyl/N-ethyl adjacent to an activating group) is 1. The number of amides is 1. The van der Waals surface area contributed by atoms with Crippen LogP contribution in [0.25, 0.3) is 0 Å². The van der Waals surface area contributed by atoms with E-state index in [0.717, 1.165) is 13.0 Å². The monoisotopic (exact) mass is 589 g/mol. The van der Waals surface area contributed by atoms with Gasteiger partial charge in [0, 0.05) is 18.0 Å². The lowest BCUT2D eigenvalue weighted by Gasteiger charge is -2.50. The molecule has 2 fully saturated rings. The van der Waals surface area contributed by atoms with Gasteiger partial charge in [0.15, 0.2) is 6.29 Å². The maximum Gasteiger partial charge on any atom is 0.249 e. The van der Waals surface area contributed by atoms with Crippen LogP contribution < -0.4 is 38.9 Å². The van der Waals surface area contributed by atoms with Crippen LogP contribution in [0.1, 0.15) is 32.6 Å². The Hall–Kier alpha value is -1.47. The molecule has 1 aliphatic carbocycles. The number of hydrogen-bond donors (Lipinski definition) is 11. The van der Waals surface area contributed by atoms with Gasteiger partial charge in [-0.2, -0.15) is 0 Å². The van der Waals surface area contributed by atoms with Crippen molar-refractivity contribution in [3.8, 4) is 0 Å². The molecule has 1 saturated carbocycles. The molecule has 1 unspecified atom stereocenters. The van der Waals surface area contributed by atoms with Crippen molar-refractivity contribution in [2.24, 2.45) is 28.9 Å². The van der Waals surface area contributed by atoms with Gasteiger partial charge in [0.1, 0.15) is 35.8 Å². The highest BCUT2D eigenvalue weighted by Gasteiger charge is 2.53. The van der Waals surface area contributed by atoms with E-state index in [-0.39, 0.29) is 26.0 Å². The van der Waals surface area contributed by atoms with Crippen LogP contribution in [0.3, 0.4) is 0 Å². The normalized spacial score (nSPS) is 40.4. The summed E-state index contributed by atoms with van der Waals surface area (Å²) < 4.78 is 18.1. The minimum absolute atomic E-state index is 0.0455. The Balaban J connectivity index is 1.83. The highest BCUT2D eigenvalue weighted by molar-refractivity contribution is 5.80. The maximum atomic E-state index is 12.7. The zero-order chi connectivity index (χ0) is 30.3. The molecule has 0 spiro atoms. The third kappa shape index (κ3) is 8.34. The quantitative estimate of drug-likeness (QED) is 0.0901. The topological polar surface area (TPSA) is 266 Å². The van der Waals surface area contributed by atoms with Crippen LogP contribution in [-0.4, -0.2) is 133 Å². The zero-order valence-corrected chi connectivity index (χ0v) is 24.0. The molecule has 0 aromatic heterocycles. The molecule has 1 amide bonds. The summed E-state index contributed by atoms with van der Waals surface area (Å²) in [4.78, 5) is 12.7. The fourth-order valence-corrected chi connectivity index (χ4v) is 5.97. The van der Waals surface area contributed by atoms with Crippen molar-refractivity contribution in [2.45, 2.75) is 99.2 Å². The molecule has 2 aliphatic heterocycles. The Bertz CT molecular complexity index is 868. The highest BCUT2D eigenvalue weighted by Crippen LogP contribution is 2.36. The third-order valence-corrected chi connectivity index (χ3v) is 8.21. The standard InChI is InChI=1S/C26H51N7O8/c1-26(38)12-39-25(20(36)23(26)31-2)41-22-16(33-24(37)17(34)6-8-28)10-15(30)18(19(22)35)21-14(29)5-4-13(40-21)11-32-9-3-7-27/h4,14-23,25,31-32,34-36,38H,3,5-12,27-30H2,1-2H3,(H,33,37)/t14-,15+,16-,17+,18-,19+,20-,21?,22+,23-,25-,26+/m1/s1. The van der Waals surface area contributed by atoms with Crippen molar-refractivity contribution in [1.82, 2.24) is 16.0 Å². The van der Waals surface area contributed by atoms with Gasteiger partial charge in [0.05, 0.1) is 31.3 Å². The Labute approximate surface area is 241 Å². The molecule has 0 aromatic carbocycles. The van der Waals surface area contributed by atoms with E-state index >= 15 is 0 Å². The van der Waals surface area contributed by atoms with Crippen molar-refractivity contribution in [3.05, 3.63) is 11.8 Å². The zero-order valence-electron chi connectivity index (χ0n) is 24.0. The number of ether oxygens (including phenoxy) is 3. The average molecular weight is 590 g/mol. The molecule has 0 bridgehead atoms. The molecule has 3 rings (SSSR count). The van der Waals surface area contributed by atoms with Crippen molar-refractivity contribution >= 4 is 5.91 Å². The lowest BCUT2D eigenvalue weighted by molar-refractivity contribution is -0.297. The fourth-order valence-electron chi connectivity index (χ4n) is 5.97. The van der Waals surface area contributed by atoms with Crippen LogP contribution in [-0.2, 0) is 19.0 Å². The van der Waals surface area contributed by atoms with Gasteiger partial charge in [-0.1, -0.05) is 0 Å². The van der Waals surface area contributed by atoms with Gasteiger partial charge in [-0.05, 0) is 65.4 Å². The molecule has 15 heteroatoms. The van der Waals surface area contributed by atoms with E-state index in [2.05, 4.69) is 16.0 Å². The second-order valence-electron chi connectivity index (χ2n) is 11.5. The van der Waals surface area contributed by atoms with Crippen molar-refractivity contribution < 1.29 is 39.4 Å². The third-order valence-electron chi connectivity index (χ3n) is 8.21. The van der Waals surface area contributed by atoms with E-state index < -0.39 is 78.4 Å². The summed E-state index contributed by atoms with van der Waals surface area (Å²) in [5, 5.41) is 52.4. The first-order valence-corrected chi connectivity index (χ1v) is 14.4. The van der Waals surface area contributed by atoms with E-state index in [9.17, 15) is 25.2 Å². The van der Waals surface area contributed by atoms with Crippen LogP contribution in [0.4, 0.5) is 0 Å². The smallest absolute Gasteiger partial charge is 0.249 e. The summed E-state index contributed by atoms with van der Waals surface area (Å²) >= 11 is 0. The summed E-state index contributed by atoms with van der Waals surface area (Å²) in [5.41, 5.74) is 22.7. The number of aliphatic hydroxyl groups is 4. The van der Waals surface area contributed by atoms with E-state index in [1.54, 1.807) is 7.05 Å². The molecule has 0 radical (unpaired) electrons. The Morgan fingerprint density at radius 2 is 1.95 bits per heavy atom. The second kappa shape index (κ2) is 15.3. The Morgan fingerprint density at radius 1 is 1.22 bits per heavy atom. The summed E-state index contributed by atoms with van der Waals surface area (Å²) in [5.74, 6) is -0.711. The van der Waals surface area contributed by atoms with Gasteiger partial charge >= 0.3 is 0 Å². The van der Waals surface area contributed by atoms with Gasteiger partial charge < -0.3 is 73.5 Å². The number of nitrogens with one attached hydrogen (secondary N) is 3. The van der Waals surface area contributed by atoms with Gasteiger partial charge in [-0.25, -0.2) is 0 Å². The molecule has 12 atom stereocenters. The van der Waals surface area contributed by atoms with Crippen molar-refractivity contribution in [1.29, 1.82) is 0 Å². The van der Waals surface area contributed by atoms with Crippen molar-refractivity contribution in [2.75, 3.05) is 39.8 Å². The fraction of sp³-hybridized carbons (Fsp3) is 0.885. The van der Waals surface area contributed by atoms with Gasteiger partial charge in [-0.15, -0.1) is 0 Å². The van der Waals surface area contributed by atoms with Crippen LogP contribution in [0.2, 0.25) is 0 Å². The highest BCUT2D eigenvalue weighted by atomic mass is 16.7. The van der Waals surface area contributed by atoms with E-state index in [1.807, 2.05) is 6.08 Å². The molecule has 3 aliphatic rings. The molecular weight excluding hydrogens is 538 g/mol. The van der Waals surface area contributed by atoms with Gasteiger partial charge in [-0.3, -0.25) is 4.79 Å². The average Bonchev–Trinajstić information content (AvgIpc) is 2.91. The lowest BCUT2D eigenvalue weighted by Crippen LogP contribution is -2.69. The largest absolute Gasteiger partial charge is 0.492 e. The molecule has 0 aromatic rings. The van der Waals surface area contributed by atoms with Crippen LogP contribution >= 0.6 is 0 Å². The molecule has 15 nitrogen and oxygen atoms in total. The van der Waals surface area contributed by atoms with E-state index in [0.29, 0.717) is 25.3 Å². The Morgan fingerprint density at radius 3 is 2.61 bits per heavy atom. The van der Waals surface area contributed by atoms with Crippen LogP contribution in [0, 0.1) is 5.92 Å². The minimum Gasteiger partial charge on any atom is -0.492 e. The van der Waals surface area contributed by atoms with Crippen LogP contribution in [0.5, 0.6) is 0 Å². The summed E-state index contributed by atoms with van der Waals surface area (Å²) in [6.07, 6.45) is -3.58. The SMILES string of the molecule is CN[C@@H]1[C@@H](O)[C@@H](O[C@@H]2[C@@H](O)[C@H](C3OC(CNCCCN)=CC[C@H]3N)[C@@H](N)C[C@H]2NC(=O)[C@@H](O)CCN)OC[C@]1(C)O. The lowest BCUT2D eigenvalue weighted by atomic mass is 9.72. The molecule has 1 saturated heterocycles. The predicted molar refractivity (Wildman–Crippen MR) is 150 cm³/mol. The number of aliphatic hydroxyl groups excluding tert-OH is 3. The molecule has 238 valence electrons. The number of hydrogen-bond acceptors (Lipinski definition) is 14. The second-order valence-corrected chi connectivity index (χ2v) is 11.5. The van der Waals surface area contributed by atoms with Gasteiger partial charge in [0.25, 0.3) is 0 Å². The number of carbonyl (C=O) groups is 1. The predicted octanol–water partition coefficient (Wildman–Crippen LogP) is -4.73. The Kier molecular flexibility index (Phi) is 12.7. The maximum absolute atomic E-state index is 12.7. The minimum atomic E-state index is -1.38. The first-order valence-electron chi connectivity index (χ1n) is 14.4. The van der Waals surface area contributed by atoms with Gasteiger partial charge in [0.2, 0.25) is 5.91 Å². The summed E-state index contributed by atoms with van der Waals surface area (Å²) in [6.45, 7) is 3.23. The number of carbonyl (C=O) groups excluding carboxylic acids is 1. The molecule has 15 N–H and O–H groups in total. The molecule has 41 heavy (non-hydrogen) atoms. The molecular formula is C26H51N7O8. The first kappa shape index (κ1) is 34.0. The number of nitrogens with two attached hydrogens (primary N) is 4.